The number of rotatable bonds is 14. The fourth-order valence-corrected chi connectivity index (χ4v) is 4.02. The average Bonchev–Trinajstić information content (AvgIpc) is 2.88. The van der Waals surface area contributed by atoms with Gasteiger partial charge in [0.05, 0.1) is 23.1 Å². The molecule has 35 heavy (non-hydrogen) atoms. The Kier molecular flexibility index (Phi) is 10.9. The van der Waals surface area contributed by atoms with Gasteiger partial charge in [-0.25, -0.2) is 9.18 Å². The molecule has 0 amide bonds. The maximum absolute atomic E-state index is 14.5. The van der Waals surface area contributed by atoms with Gasteiger partial charge >= 0.3 is 5.97 Å². The van der Waals surface area contributed by atoms with E-state index in [4.69, 9.17) is 4.74 Å². The monoisotopic (exact) mass is 476 g/mol. The molecule has 0 aliphatic rings. The van der Waals surface area contributed by atoms with Crippen molar-refractivity contribution in [3.8, 4) is 17.0 Å². The van der Waals surface area contributed by atoms with Gasteiger partial charge in [0, 0.05) is 11.8 Å². The first-order valence-electron chi connectivity index (χ1n) is 13.0. The van der Waals surface area contributed by atoms with Crippen LogP contribution in [-0.4, -0.2) is 15.9 Å². The van der Waals surface area contributed by atoms with Crippen molar-refractivity contribution in [2.45, 2.75) is 84.5 Å². The highest BCUT2D eigenvalue weighted by molar-refractivity contribution is 5.91. The largest absolute Gasteiger partial charge is 0.420 e. The van der Waals surface area contributed by atoms with E-state index in [9.17, 15) is 9.18 Å². The molecule has 2 aromatic carbocycles. The minimum atomic E-state index is -0.587. The van der Waals surface area contributed by atoms with Crippen LogP contribution in [0.1, 0.15) is 93.3 Å². The molecule has 0 unspecified atom stereocenters. The quantitative estimate of drug-likeness (QED) is 0.134. The summed E-state index contributed by atoms with van der Waals surface area (Å²) in [6, 6.07) is 11.8. The lowest BCUT2D eigenvalue weighted by Gasteiger charge is -2.08. The predicted molar refractivity (Wildman–Crippen MR) is 139 cm³/mol. The molecule has 0 aliphatic carbocycles. The Morgan fingerprint density at radius 3 is 2.14 bits per heavy atom. The second-order valence-electron chi connectivity index (χ2n) is 9.10. The van der Waals surface area contributed by atoms with Crippen LogP contribution in [0.3, 0.4) is 0 Å². The van der Waals surface area contributed by atoms with E-state index in [1.807, 2.05) is 12.3 Å². The number of aryl methyl sites for hydroxylation is 2. The number of hydrogen-bond donors (Lipinski definition) is 0. The topological polar surface area (TPSA) is 52.1 Å². The SMILES string of the molecule is CCCCCCCc1cnc(-c2ccc(C(=O)Oc3ccc(CCCCCC)cc3F)cc2)cn1. The number of benzene rings is 2. The average molecular weight is 477 g/mol. The molecule has 5 heteroatoms. The van der Waals surface area contributed by atoms with E-state index in [-0.39, 0.29) is 5.75 Å². The van der Waals surface area contributed by atoms with Crippen molar-refractivity contribution >= 4 is 5.97 Å². The maximum Gasteiger partial charge on any atom is 0.343 e. The molecule has 0 radical (unpaired) electrons. The lowest BCUT2D eigenvalue weighted by atomic mass is 10.1. The smallest absolute Gasteiger partial charge is 0.343 e. The van der Waals surface area contributed by atoms with Crippen LogP contribution in [0.5, 0.6) is 5.75 Å². The summed E-state index contributed by atoms with van der Waals surface area (Å²) in [5.41, 5.74) is 3.89. The highest BCUT2D eigenvalue weighted by Crippen LogP contribution is 2.22. The van der Waals surface area contributed by atoms with E-state index < -0.39 is 11.8 Å². The van der Waals surface area contributed by atoms with Crippen molar-refractivity contribution in [2.24, 2.45) is 0 Å². The number of halogens is 1. The van der Waals surface area contributed by atoms with Gasteiger partial charge in [0.15, 0.2) is 11.6 Å². The van der Waals surface area contributed by atoms with E-state index in [0.717, 1.165) is 54.6 Å². The minimum Gasteiger partial charge on any atom is -0.420 e. The van der Waals surface area contributed by atoms with E-state index in [0.29, 0.717) is 5.56 Å². The van der Waals surface area contributed by atoms with Crippen molar-refractivity contribution in [1.29, 1.82) is 0 Å². The molecule has 3 aromatic rings. The van der Waals surface area contributed by atoms with Gasteiger partial charge in [0.2, 0.25) is 0 Å². The first-order chi connectivity index (χ1) is 17.1. The lowest BCUT2D eigenvalue weighted by Crippen LogP contribution is -2.09. The second-order valence-corrected chi connectivity index (χ2v) is 9.10. The maximum atomic E-state index is 14.5. The number of esters is 1. The Bertz CT molecular complexity index is 1050. The molecular formula is C30H37FN2O2. The van der Waals surface area contributed by atoms with Crippen LogP contribution in [0.15, 0.2) is 54.9 Å². The molecule has 0 saturated heterocycles. The summed E-state index contributed by atoms with van der Waals surface area (Å²) in [5.74, 6) is -1.15. The number of hydrogen-bond acceptors (Lipinski definition) is 4. The number of unbranched alkanes of at least 4 members (excludes halogenated alkanes) is 7. The first kappa shape index (κ1) is 26.5. The van der Waals surface area contributed by atoms with Gasteiger partial charge in [-0.1, -0.05) is 77.0 Å². The van der Waals surface area contributed by atoms with E-state index >= 15 is 0 Å². The van der Waals surface area contributed by atoms with Crippen LogP contribution in [0, 0.1) is 5.82 Å². The van der Waals surface area contributed by atoms with Gasteiger partial charge in [-0.3, -0.25) is 9.97 Å². The second kappa shape index (κ2) is 14.3. The molecule has 0 saturated carbocycles. The highest BCUT2D eigenvalue weighted by atomic mass is 19.1. The van der Waals surface area contributed by atoms with Crippen LogP contribution in [0.25, 0.3) is 11.3 Å². The van der Waals surface area contributed by atoms with E-state index in [1.54, 1.807) is 30.5 Å². The fraction of sp³-hybridized carbons (Fsp3) is 0.433. The van der Waals surface area contributed by atoms with Crippen LogP contribution >= 0.6 is 0 Å². The van der Waals surface area contributed by atoms with Crippen molar-refractivity contribution in [3.05, 3.63) is 77.5 Å². The molecule has 3 rings (SSSR count). The Hall–Kier alpha value is -3.08. The Labute approximate surface area is 209 Å². The Balaban J connectivity index is 1.53. The standard InChI is InChI=1S/C30H37FN2O2/c1-3-5-7-9-11-13-26-21-33-28(22-32-26)24-15-17-25(18-16-24)30(34)35-29-19-14-23(20-27(29)31)12-10-8-6-4-2/h14-22H,3-13H2,1-2H3. The van der Waals surface area contributed by atoms with Crippen molar-refractivity contribution < 1.29 is 13.9 Å². The fourth-order valence-electron chi connectivity index (χ4n) is 4.02. The molecule has 1 aromatic heterocycles. The van der Waals surface area contributed by atoms with Crippen molar-refractivity contribution in [2.75, 3.05) is 0 Å². The summed E-state index contributed by atoms with van der Waals surface area (Å²) in [5, 5.41) is 0. The molecule has 0 spiro atoms. The summed E-state index contributed by atoms with van der Waals surface area (Å²) in [4.78, 5) is 21.6. The normalized spacial score (nSPS) is 10.9. The first-order valence-corrected chi connectivity index (χ1v) is 13.0. The highest BCUT2D eigenvalue weighted by Gasteiger charge is 2.13. The van der Waals surface area contributed by atoms with Gasteiger partial charge in [-0.15, -0.1) is 0 Å². The summed E-state index contributed by atoms with van der Waals surface area (Å²) in [7, 11) is 0. The van der Waals surface area contributed by atoms with Gasteiger partial charge < -0.3 is 4.74 Å². The molecule has 0 aliphatic heterocycles. The molecule has 0 fully saturated rings. The zero-order chi connectivity index (χ0) is 24.9. The van der Waals surface area contributed by atoms with Crippen LogP contribution in [0.2, 0.25) is 0 Å². The van der Waals surface area contributed by atoms with E-state index in [1.165, 1.54) is 50.7 Å². The molecule has 0 bridgehead atoms. The summed E-state index contributed by atoms with van der Waals surface area (Å²) in [6.07, 6.45) is 16.1. The van der Waals surface area contributed by atoms with Crippen molar-refractivity contribution in [1.82, 2.24) is 9.97 Å². The summed E-state index contributed by atoms with van der Waals surface area (Å²) < 4.78 is 19.8. The molecule has 0 N–H and O–H groups in total. The molecule has 1 heterocycles. The number of ether oxygens (including phenoxy) is 1. The number of carbonyl (C=O) groups is 1. The third-order valence-corrected chi connectivity index (χ3v) is 6.18. The van der Waals surface area contributed by atoms with Crippen molar-refractivity contribution in [3.63, 3.8) is 0 Å². The minimum absolute atomic E-state index is 0.0486. The summed E-state index contributed by atoms with van der Waals surface area (Å²) in [6.45, 7) is 4.38. The van der Waals surface area contributed by atoms with Gasteiger partial charge in [-0.2, -0.15) is 0 Å². The van der Waals surface area contributed by atoms with Crippen LogP contribution in [-0.2, 0) is 12.8 Å². The number of nitrogens with zero attached hydrogens (tertiary/aromatic N) is 2. The van der Waals surface area contributed by atoms with Crippen LogP contribution in [0.4, 0.5) is 4.39 Å². The zero-order valence-corrected chi connectivity index (χ0v) is 21.1. The zero-order valence-electron chi connectivity index (χ0n) is 21.1. The Morgan fingerprint density at radius 1 is 0.800 bits per heavy atom. The van der Waals surface area contributed by atoms with Gasteiger partial charge in [-0.05, 0) is 55.5 Å². The van der Waals surface area contributed by atoms with Crippen LogP contribution < -0.4 is 4.74 Å². The molecular weight excluding hydrogens is 439 g/mol. The number of aromatic nitrogens is 2. The molecule has 4 nitrogen and oxygen atoms in total. The number of carbonyl (C=O) groups excluding carboxylic acids is 1. The van der Waals surface area contributed by atoms with Gasteiger partial charge in [0.25, 0.3) is 0 Å². The predicted octanol–water partition coefficient (Wildman–Crippen LogP) is 8.14. The molecule has 0 atom stereocenters. The lowest BCUT2D eigenvalue weighted by molar-refractivity contribution is 0.0728. The van der Waals surface area contributed by atoms with Gasteiger partial charge in [0.1, 0.15) is 0 Å². The third kappa shape index (κ3) is 8.57. The molecule has 186 valence electrons. The third-order valence-electron chi connectivity index (χ3n) is 6.18. The summed E-state index contributed by atoms with van der Waals surface area (Å²) >= 11 is 0. The van der Waals surface area contributed by atoms with E-state index in [2.05, 4.69) is 23.8 Å². The Morgan fingerprint density at radius 2 is 1.49 bits per heavy atom.